The summed E-state index contributed by atoms with van der Waals surface area (Å²) in [5.74, 6) is -0.0687. The van der Waals surface area contributed by atoms with Gasteiger partial charge in [0.05, 0.1) is 29.5 Å². The molecule has 3 aromatic rings. The Kier molecular flexibility index (Phi) is 5.28. The van der Waals surface area contributed by atoms with Crippen molar-refractivity contribution in [2.24, 2.45) is 0 Å². The van der Waals surface area contributed by atoms with E-state index in [0.29, 0.717) is 12.1 Å². The number of aryl methyl sites for hydroxylation is 2. The van der Waals surface area contributed by atoms with Crippen molar-refractivity contribution in [3.63, 3.8) is 0 Å². The Morgan fingerprint density at radius 3 is 2.72 bits per heavy atom. The highest BCUT2D eigenvalue weighted by molar-refractivity contribution is 5.95. The summed E-state index contributed by atoms with van der Waals surface area (Å²) in [6, 6.07) is 8.14. The number of hydrogen-bond acceptors (Lipinski definition) is 3. The summed E-state index contributed by atoms with van der Waals surface area (Å²) in [5.41, 5.74) is 3.74. The second-order valence-corrected chi connectivity index (χ2v) is 6.02. The van der Waals surface area contributed by atoms with Crippen LogP contribution in [0.15, 0.2) is 49.2 Å². The lowest BCUT2D eigenvalue weighted by molar-refractivity contribution is 0.0952. The van der Waals surface area contributed by atoms with Gasteiger partial charge in [-0.05, 0) is 31.9 Å². The van der Waals surface area contributed by atoms with E-state index in [2.05, 4.69) is 22.3 Å². The lowest BCUT2D eigenvalue weighted by Crippen LogP contribution is -2.26. The van der Waals surface area contributed by atoms with Crippen LogP contribution in [0.1, 0.15) is 35.0 Å². The van der Waals surface area contributed by atoms with E-state index < -0.39 is 0 Å². The summed E-state index contributed by atoms with van der Waals surface area (Å²) in [5, 5.41) is 7.40. The van der Waals surface area contributed by atoms with Crippen molar-refractivity contribution in [1.29, 1.82) is 0 Å². The van der Waals surface area contributed by atoms with Gasteiger partial charge in [0.1, 0.15) is 0 Å². The predicted octanol–water partition coefficient (Wildman–Crippen LogP) is 2.76. The average Bonchev–Trinajstić information content (AvgIpc) is 3.28. The SMILES string of the molecule is CCc1c(C(=O)NCCCn2ccnc2)cnn1-c1ccc(C)cc1. The summed E-state index contributed by atoms with van der Waals surface area (Å²) in [6.07, 6.45) is 8.71. The van der Waals surface area contributed by atoms with Crippen molar-refractivity contribution in [3.05, 3.63) is 66.0 Å². The minimum absolute atomic E-state index is 0.0687. The molecule has 0 atom stereocenters. The minimum Gasteiger partial charge on any atom is -0.352 e. The minimum atomic E-state index is -0.0687. The molecular formula is C19H23N5O. The normalized spacial score (nSPS) is 10.8. The molecule has 2 heterocycles. The molecule has 0 unspecified atom stereocenters. The average molecular weight is 337 g/mol. The summed E-state index contributed by atoms with van der Waals surface area (Å²) in [4.78, 5) is 16.5. The van der Waals surface area contributed by atoms with Crippen LogP contribution in [0.4, 0.5) is 0 Å². The van der Waals surface area contributed by atoms with Crippen molar-refractivity contribution in [3.8, 4) is 5.69 Å². The van der Waals surface area contributed by atoms with Crippen molar-refractivity contribution in [2.75, 3.05) is 6.54 Å². The van der Waals surface area contributed by atoms with E-state index in [1.54, 1.807) is 18.7 Å². The van der Waals surface area contributed by atoms with Crippen molar-refractivity contribution in [1.82, 2.24) is 24.6 Å². The number of benzene rings is 1. The van der Waals surface area contributed by atoms with Crippen molar-refractivity contribution < 1.29 is 4.79 Å². The van der Waals surface area contributed by atoms with Gasteiger partial charge in [0.2, 0.25) is 0 Å². The Morgan fingerprint density at radius 2 is 2.04 bits per heavy atom. The standard InChI is InChI=1S/C19H23N5O/c1-3-18-17(13-22-24(18)16-7-5-15(2)6-8-16)19(25)21-9-4-11-23-12-10-20-14-23/h5-8,10,12-14H,3-4,9,11H2,1-2H3,(H,21,25). The van der Waals surface area contributed by atoms with Crippen LogP contribution >= 0.6 is 0 Å². The van der Waals surface area contributed by atoms with E-state index in [4.69, 9.17) is 0 Å². The Bertz CT molecular complexity index is 818. The second kappa shape index (κ2) is 7.79. The Morgan fingerprint density at radius 1 is 1.24 bits per heavy atom. The van der Waals surface area contributed by atoms with Gasteiger partial charge in [0.15, 0.2) is 0 Å². The van der Waals surface area contributed by atoms with Crippen molar-refractivity contribution in [2.45, 2.75) is 33.2 Å². The number of nitrogens with one attached hydrogen (secondary N) is 1. The number of amides is 1. The molecule has 6 heteroatoms. The van der Waals surface area contributed by atoms with Crippen LogP contribution in [0.25, 0.3) is 5.69 Å². The molecule has 0 aliphatic carbocycles. The van der Waals surface area contributed by atoms with Crippen molar-refractivity contribution >= 4 is 5.91 Å². The molecule has 2 aromatic heterocycles. The Labute approximate surface area is 147 Å². The van der Waals surface area contributed by atoms with E-state index in [1.165, 1.54) is 5.56 Å². The molecule has 0 saturated heterocycles. The van der Waals surface area contributed by atoms with Crippen LogP contribution in [0.5, 0.6) is 0 Å². The molecule has 0 aliphatic heterocycles. The summed E-state index contributed by atoms with van der Waals surface area (Å²) in [6.45, 7) is 5.55. The molecule has 0 radical (unpaired) electrons. The number of imidazole rings is 1. The first kappa shape index (κ1) is 17.0. The van der Waals surface area contributed by atoms with Gasteiger partial charge in [-0.2, -0.15) is 5.10 Å². The van der Waals surface area contributed by atoms with Crippen LogP contribution in [-0.2, 0) is 13.0 Å². The predicted molar refractivity (Wildman–Crippen MR) is 96.9 cm³/mol. The maximum absolute atomic E-state index is 12.5. The lowest BCUT2D eigenvalue weighted by atomic mass is 10.1. The lowest BCUT2D eigenvalue weighted by Gasteiger charge is -2.09. The zero-order valence-corrected chi connectivity index (χ0v) is 14.6. The van der Waals surface area contributed by atoms with Crippen LogP contribution in [-0.4, -0.2) is 31.8 Å². The molecule has 0 aliphatic rings. The first-order chi connectivity index (χ1) is 12.2. The van der Waals surface area contributed by atoms with E-state index in [0.717, 1.165) is 30.8 Å². The largest absolute Gasteiger partial charge is 0.352 e. The van der Waals surface area contributed by atoms with E-state index in [1.807, 2.05) is 46.6 Å². The molecule has 25 heavy (non-hydrogen) atoms. The number of hydrogen-bond donors (Lipinski definition) is 1. The van der Waals surface area contributed by atoms with E-state index in [-0.39, 0.29) is 5.91 Å². The van der Waals surface area contributed by atoms with Crippen LogP contribution < -0.4 is 5.32 Å². The van der Waals surface area contributed by atoms with Crippen LogP contribution in [0, 0.1) is 6.92 Å². The third kappa shape index (κ3) is 3.96. The monoisotopic (exact) mass is 337 g/mol. The fraction of sp³-hybridized carbons (Fsp3) is 0.316. The zero-order valence-electron chi connectivity index (χ0n) is 14.6. The molecule has 3 rings (SSSR count). The number of carbonyl (C=O) groups excluding carboxylic acids is 1. The Hall–Kier alpha value is -2.89. The number of nitrogens with zero attached hydrogens (tertiary/aromatic N) is 4. The molecule has 0 bridgehead atoms. The molecule has 130 valence electrons. The Balaban J connectivity index is 1.65. The van der Waals surface area contributed by atoms with Gasteiger partial charge in [-0.25, -0.2) is 9.67 Å². The number of carbonyl (C=O) groups is 1. The van der Waals surface area contributed by atoms with Gasteiger partial charge in [0.25, 0.3) is 5.91 Å². The molecular weight excluding hydrogens is 314 g/mol. The highest BCUT2D eigenvalue weighted by atomic mass is 16.1. The van der Waals surface area contributed by atoms with Gasteiger partial charge in [-0.15, -0.1) is 0 Å². The topological polar surface area (TPSA) is 64.7 Å². The molecule has 1 aromatic carbocycles. The van der Waals surface area contributed by atoms with Crippen LogP contribution in [0.3, 0.4) is 0 Å². The van der Waals surface area contributed by atoms with E-state index >= 15 is 0 Å². The highest BCUT2D eigenvalue weighted by Gasteiger charge is 2.16. The molecule has 6 nitrogen and oxygen atoms in total. The van der Waals surface area contributed by atoms with Gasteiger partial charge >= 0.3 is 0 Å². The third-order valence-corrected chi connectivity index (χ3v) is 4.16. The maximum atomic E-state index is 12.5. The fourth-order valence-electron chi connectivity index (χ4n) is 2.79. The van der Waals surface area contributed by atoms with Gasteiger partial charge in [0, 0.05) is 25.5 Å². The molecule has 0 saturated carbocycles. The first-order valence-corrected chi connectivity index (χ1v) is 8.57. The molecule has 1 amide bonds. The third-order valence-electron chi connectivity index (χ3n) is 4.16. The summed E-state index contributed by atoms with van der Waals surface area (Å²) >= 11 is 0. The van der Waals surface area contributed by atoms with Gasteiger partial charge < -0.3 is 9.88 Å². The van der Waals surface area contributed by atoms with Gasteiger partial charge in [-0.1, -0.05) is 24.6 Å². The highest BCUT2D eigenvalue weighted by Crippen LogP contribution is 2.16. The molecule has 0 spiro atoms. The second-order valence-electron chi connectivity index (χ2n) is 6.02. The van der Waals surface area contributed by atoms with Gasteiger partial charge in [-0.3, -0.25) is 4.79 Å². The van der Waals surface area contributed by atoms with E-state index in [9.17, 15) is 4.79 Å². The number of aromatic nitrogens is 4. The number of rotatable bonds is 7. The maximum Gasteiger partial charge on any atom is 0.254 e. The summed E-state index contributed by atoms with van der Waals surface area (Å²) < 4.78 is 3.85. The van der Waals surface area contributed by atoms with Crippen LogP contribution in [0.2, 0.25) is 0 Å². The summed E-state index contributed by atoms with van der Waals surface area (Å²) in [7, 11) is 0. The zero-order chi connectivity index (χ0) is 17.6. The molecule has 0 fully saturated rings. The first-order valence-electron chi connectivity index (χ1n) is 8.57. The molecule has 1 N–H and O–H groups in total. The fourth-order valence-corrected chi connectivity index (χ4v) is 2.79. The quantitative estimate of drug-likeness (QED) is 0.674. The smallest absolute Gasteiger partial charge is 0.254 e.